The van der Waals surface area contributed by atoms with Crippen molar-refractivity contribution in [2.24, 2.45) is 5.41 Å². The fraction of sp³-hybridized carbons (Fsp3) is 0.571. The number of nitrogen functional groups attached to an aromatic ring is 1. The Morgan fingerprint density at radius 1 is 1.45 bits per heavy atom. The van der Waals surface area contributed by atoms with Crippen molar-refractivity contribution in [3.63, 3.8) is 0 Å². The van der Waals surface area contributed by atoms with Gasteiger partial charge in [0, 0.05) is 30.8 Å². The fourth-order valence-electron chi connectivity index (χ4n) is 2.81. The van der Waals surface area contributed by atoms with Crippen molar-refractivity contribution in [1.29, 1.82) is 0 Å². The minimum absolute atomic E-state index is 0.0426. The zero-order valence-corrected chi connectivity index (χ0v) is 12.8. The number of nitrogens with two attached hydrogens (primary N) is 1. The van der Waals surface area contributed by atoms with E-state index in [1.807, 2.05) is 6.92 Å². The summed E-state index contributed by atoms with van der Waals surface area (Å²) in [7, 11) is 0. The summed E-state index contributed by atoms with van der Waals surface area (Å²) in [5.74, 6) is -1.81. The second kappa shape index (κ2) is 5.53. The van der Waals surface area contributed by atoms with Crippen molar-refractivity contribution >= 4 is 17.7 Å². The molecule has 0 spiro atoms. The minimum atomic E-state index is -1.42. The number of anilines is 1. The Kier molecular flexibility index (Phi) is 4.06. The number of carbonyl (C=O) groups excluding carboxylic acids is 1. The number of amides is 1. The van der Waals surface area contributed by atoms with Crippen LogP contribution in [0.1, 0.15) is 37.7 Å². The predicted molar refractivity (Wildman–Crippen MR) is 78.1 cm³/mol. The van der Waals surface area contributed by atoms with Crippen molar-refractivity contribution in [3.8, 4) is 0 Å². The molecule has 1 aliphatic carbocycles. The highest BCUT2D eigenvalue weighted by atomic mass is 16.5. The molecule has 1 saturated carbocycles. The first-order valence-corrected chi connectivity index (χ1v) is 7.00. The van der Waals surface area contributed by atoms with Crippen molar-refractivity contribution < 1.29 is 19.4 Å². The van der Waals surface area contributed by atoms with Gasteiger partial charge in [-0.2, -0.15) is 0 Å². The molecule has 22 heavy (non-hydrogen) atoms. The molecule has 2 unspecified atom stereocenters. The van der Waals surface area contributed by atoms with Crippen LogP contribution in [0.2, 0.25) is 0 Å². The van der Waals surface area contributed by atoms with Gasteiger partial charge in [0.25, 0.3) is 5.91 Å². The van der Waals surface area contributed by atoms with Crippen molar-refractivity contribution in [2.75, 3.05) is 12.3 Å². The Morgan fingerprint density at radius 2 is 2.09 bits per heavy atom. The zero-order chi connectivity index (χ0) is 16.5. The standard InChI is InChI=1S/C14H20N4O4/c1-4-22-8-7-14(12(20)21,13(8,2)3)18-11(19)9-10(15)17-6-5-16-9/h5-6,8H,4,7H2,1-3H3,(H2,15,17)(H,18,19)(H,20,21). The first kappa shape index (κ1) is 16.2. The molecule has 1 aliphatic rings. The van der Waals surface area contributed by atoms with Crippen molar-refractivity contribution in [1.82, 2.24) is 15.3 Å². The van der Waals surface area contributed by atoms with E-state index in [1.165, 1.54) is 12.4 Å². The lowest BCUT2D eigenvalue weighted by Gasteiger charge is -2.58. The lowest BCUT2D eigenvalue weighted by Crippen LogP contribution is -2.76. The molecule has 1 amide bonds. The summed E-state index contributed by atoms with van der Waals surface area (Å²) in [6.45, 7) is 5.83. The van der Waals surface area contributed by atoms with E-state index in [0.29, 0.717) is 6.61 Å². The average molecular weight is 308 g/mol. The highest BCUT2D eigenvalue weighted by Crippen LogP contribution is 2.51. The molecule has 1 aromatic rings. The van der Waals surface area contributed by atoms with Crippen LogP contribution in [0, 0.1) is 5.41 Å². The molecule has 1 fully saturated rings. The Morgan fingerprint density at radius 3 is 2.59 bits per heavy atom. The number of hydrogen-bond acceptors (Lipinski definition) is 6. The van der Waals surface area contributed by atoms with Gasteiger partial charge in [-0.1, -0.05) is 13.8 Å². The van der Waals surface area contributed by atoms with E-state index in [1.54, 1.807) is 13.8 Å². The molecule has 8 nitrogen and oxygen atoms in total. The molecule has 0 bridgehead atoms. The monoisotopic (exact) mass is 308 g/mol. The van der Waals surface area contributed by atoms with E-state index in [4.69, 9.17) is 10.5 Å². The van der Waals surface area contributed by atoms with Crippen LogP contribution < -0.4 is 11.1 Å². The van der Waals surface area contributed by atoms with Crippen LogP contribution in [0.4, 0.5) is 5.82 Å². The SMILES string of the molecule is CCOC1CC(NC(=O)c2nccnc2N)(C(=O)O)C1(C)C. The average Bonchev–Trinajstić information content (AvgIpc) is 2.45. The summed E-state index contributed by atoms with van der Waals surface area (Å²) in [4.78, 5) is 31.8. The van der Waals surface area contributed by atoms with Crippen LogP contribution >= 0.6 is 0 Å². The smallest absolute Gasteiger partial charge is 0.330 e. The molecule has 0 aromatic carbocycles. The van der Waals surface area contributed by atoms with E-state index < -0.39 is 22.8 Å². The lowest BCUT2D eigenvalue weighted by molar-refractivity contribution is -0.190. The summed E-state index contributed by atoms with van der Waals surface area (Å²) in [6.07, 6.45) is 2.63. The molecule has 0 radical (unpaired) electrons. The second-order valence-electron chi connectivity index (χ2n) is 5.82. The maximum absolute atomic E-state index is 12.3. The normalized spacial score (nSPS) is 26.0. The van der Waals surface area contributed by atoms with Crippen LogP contribution in [0.25, 0.3) is 0 Å². The molecule has 1 heterocycles. The van der Waals surface area contributed by atoms with Gasteiger partial charge in [0.2, 0.25) is 0 Å². The highest BCUT2D eigenvalue weighted by molar-refractivity contribution is 6.00. The molecule has 2 atom stereocenters. The first-order valence-electron chi connectivity index (χ1n) is 7.00. The van der Waals surface area contributed by atoms with Crippen LogP contribution in [0.15, 0.2) is 12.4 Å². The minimum Gasteiger partial charge on any atom is -0.479 e. The van der Waals surface area contributed by atoms with E-state index in [9.17, 15) is 14.7 Å². The molecule has 120 valence electrons. The lowest BCUT2D eigenvalue weighted by atomic mass is 9.54. The van der Waals surface area contributed by atoms with Gasteiger partial charge >= 0.3 is 5.97 Å². The van der Waals surface area contributed by atoms with Gasteiger partial charge in [-0.3, -0.25) is 4.79 Å². The number of rotatable bonds is 5. The Hall–Kier alpha value is -2.22. The van der Waals surface area contributed by atoms with Gasteiger partial charge < -0.3 is 20.9 Å². The number of carbonyl (C=O) groups is 2. The van der Waals surface area contributed by atoms with Gasteiger partial charge in [0.1, 0.15) is 5.54 Å². The molecule has 2 rings (SSSR count). The number of carboxylic acids is 1. The van der Waals surface area contributed by atoms with Crippen molar-refractivity contribution in [3.05, 3.63) is 18.1 Å². The third-order valence-electron chi connectivity index (χ3n) is 4.40. The summed E-state index contributed by atoms with van der Waals surface area (Å²) in [5.41, 5.74) is 3.34. The first-order chi connectivity index (χ1) is 10.3. The maximum Gasteiger partial charge on any atom is 0.330 e. The molecule has 4 N–H and O–H groups in total. The van der Waals surface area contributed by atoms with Gasteiger partial charge in [-0.15, -0.1) is 0 Å². The molecule has 1 aromatic heterocycles. The van der Waals surface area contributed by atoms with E-state index in [2.05, 4.69) is 15.3 Å². The van der Waals surface area contributed by atoms with Crippen molar-refractivity contribution in [2.45, 2.75) is 38.8 Å². The number of aliphatic carboxylic acids is 1. The quantitative estimate of drug-likeness (QED) is 0.720. The summed E-state index contributed by atoms with van der Waals surface area (Å²) >= 11 is 0. The Labute approximate surface area is 128 Å². The third-order valence-corrected chi connectivity index (χ3v) is 4.40. The molecular weight excluding hydrogens is 288 g/mol. The van der Waals surface area contributed by atoms with Gasteiger partial charge in [-0.05, 0) is 6.92 Å². The Balaban J connectivity index is 2.27. The molecule has 0 aliphatic heterocycles. The molecular formula is C14H20N4O4. The van der Waals surface area contributed by atoms with E-state index in [-0.39, 0.29) is 24.0 Å². The van der Waals surface area contributed by atoms with Crippen LogP contribution in [0.3, 0.4) is 0 Å². The summed E-state index contributed by atoms with van der Waals surface area (Å²) < 4.78 is 5.54. The topological polar surface area (TPSA) is 127 Å². The van der Waals surface area contributed by atoms with Crippen LogP contribution in [-0.4, -0.2) is 45.2 Å². The number of nitrogens with zero attached hydrogens (tertiary/aromatic N) is 2. The van der Waals surface area contributed by atoms with Gasteiger partial charge in [0.05, 0.1) is 6.10 Å². The number of ether oxygens (including phenoxy) is 1. The largest absolute Gasteiger partial charge is 0.479 e. The number of hydrogen-bond donors (Lipinski definition) is 3. The Bertz CT molecular complexity index is 604. The van der Waals surface area contributed by atoms with Gasteiger partial charge in [0.15, 0.2) is 11.5 Å². The summed E-state index contributed by atoms with van der Waals surface area (Å²) in [5, 5.41) is 12.2. The zero-order valence-electron chi connectivity index (χ0n) is 12.8. The van der Waals surface area contributed by atoms with Crippen LogP contribution in [0.5, 0.6) is 0 Å². The maximum atomic E-state index is 12.3. The fourth-order valence-corrected chi connectivity index (χ4v) is 2.81. The van der Waals surface area contributed by atoms with E-state index in [0.717, 1.165) is 0 Å². The second-order valence-corrected chi connectivity index (χ2v) is 5.82. The summed E-state index contributed by atoms with van der Waals surface area (Å²) in [6, 6.07) is 0. The molecule has 0 saturated heterocycles. The molecule has 8 heteroatoms. The number of carboxylic acid groups (broad SMARTS) is 1. The van der Waals surface area contributed by atoms with Gasteiger partial charge in [-0.25, -0.2) is 14.8 Å². The number of aromatic nitrogens is 2. The highest BCUT2D eigenvalue weighted by Gasteiger charge is 2.66. The predicted octanol–water partition coefficient (Wildman–Crippen LogP) is 0.447. The van der Waals surface area contributed by atoms with E-state index >= 15 is 0 Å². The van der Waals surface area contributed by atoms with Crippen LogP contribution in [-0.2, 0) is 9.53 Å². The number of nitrogens with one attached hydrogen (secondary N) is 1. The third kappa shape index (κ3) is 2.29.